The van der Waals surface area contributed by atoms with Crippen LogP contribution in [0.15, 0.2) is 29.4 Å². The van der Waals surface area contributed by atoms with E-state index in [2.05, 4.69) is 39.4 Å². The summed E-state index contributed by atoms with van der Waals surface area (Å²) in [6.45, 7) is 11.8. The Morgan fingerprint density at radius 2 is 2.00 bits per heavy atom. The van der Waals surface area contributed by atoms with Crippen molar-refractivity contribution >= 4 is 17.7 Å². The van der Waals surface area contributed by atoms with Crippen LogP contribution in [0.5, 0.6) is 0 Å². The molecule has 0 saturated carbocycles. The number of piperazine rings is 1. The second-order valence-corrected chi connectivity index (χ2v) is 7.18. The van der Waals surface area contributed by atoms with Gasteiger partial charge in [-0.2, -0.15) is 0 Å². The predicted molar refractivity (Wildman–Crippen MR) is 111 cm³/mol. The summed E-state index contributed by atoms with van der Waals surface area (Å²) in [6, 6.07) is 5.93. The fourth-order valence-electron chi connectivity index (χ4n) is 2.95. The van der Waals surface area contributed by atoms with Gasteiger partial charge in [-0.15, -0.1) is 0 Å². The average molecular weight is 375 g/mol. The molecule has 0 radical (unpaired) electrons. The minimum absolute atomic E-state index is 0.196. The molecule has 1 aromatic rings. The maximum absolute atomic E-state index is 12.5. The highest BCUT2D eigenvalue weighted by Gasteiger charge is 2.21. The Morgan fingerprint density at radius 1 is 1.22 bits per heavy atom. The molecule has 1 aromatic heterocycles. The third-order valence-corrected chi connectivity index (χ3v) is 4.56. The molecule has 150 valence electrons. The van der Waals surface area contributed by atoms with Crippen LogP contribution in [0.1, 0.15) is 33.6 Å². The van der Waals surface area contributed by atoms with Gasteiger partial charge in [-0.1, -0.05) is 19.9 Å². The largest absolute Gasteiger partial charge is 0.357 e. The minimum Gasteiger partial charge on any atom is -0.357 e. The van der Waals surface area contributed by atoms with E-state index in [1.807, 2.05) is 36.2 Å². The molecule has 2 heterocycles. The van der Waals surface area contributed by atoms with Gasteiger partial charge < -0.3 is 20.4 Å². The first-order chi connectivity index (χ1) is 13.1. The van der Waals surface area contributed by atoms with Crippen molar-refractivity contribution in [2.24, 2.45) is 10.9 Å². The van der Waals surface area contributed by atoms with Crippen LogP contribution in [0.2, 0.25) is 0 Å². The zero-order valence-corrected chi connectivity index (χ0v) is 16.9. The summed E-state index contributed by atoms with van der Waals surface area (Å²) in [5, 5.41) is 6.50. The van der Waals surface area contributed by atoms with E-state index in [9.17, 15) is 4.79 Å². The van der Waals surface area contributed by atoms with Crippen molar-refractivity contribution in [3.63, 3.8) is 0 Å². The Morgan fingerprint density at radius 3 is 2.63 bits per heavy atom. The number of carbonyl (C=O) groups excluding carboxylic acids is 1. The number of nitrogens with zero attached hydrogens (tertiary/aromatic N) is 4. The zero-order chi connectivity index (χ0) is 19.5. The van der Waals surface area contributed by atoms with E-state index in [4.69, 9.17) is 0 Å². The van der Waals surface area contributed by atoms with Crippen LogP contribution in [0.4, 0.5) is 5.82 Å². The summed E-state index contributed by atoms with van der Waals surface area (Å²) in [5.41, 5.74) is 0. The summed E-state index contributed by atoms with van der Waals surface area (Å²) in [5.74, 6) is 2.62. The molecule has 0 bridgehead atoms. The SMILES string of the molecule is CCNC(=NCCC(C)C)NCCC(=O)N1CCN(c2ccccn2)CC1. The first kappa shape index (κ1) is 21.0. The smallest absolute Gasteiger partial charge is 0.224 e. The van der Waals surface area contributed by atoms with Crippen molar-refractivity contribution in [3.8, 4) is 0 Å². The van der Waals surface area contributed by atoms with Crippen molar-refractivity contribution in [1.82, 2.24) is 20.5 Å². The number of hydrogen-bond donors (Lipinski definition) is 2. The van der Waals surface area contributed by atoms with E-state index in [1.165, 1.54) is 0 Å². The average Bonchev–Trinajstić information content (AvgIpc) is 2.68. The number of hydrogen-bond acceptors (Lipinski definition) is 4. The van der Waals surface area contributed by atoms with Gasteiger partial charge >= 0.3 is 0 Å². The normalized spacial score (nSPS) is 15.2. The quantitative estimate of drug-likeness (QED) is 0.535. The summed E-state index contributed by atoms with van der Waals surface area (Å²) >= 11 is 0. The molecule has 1 aliphatic rings. The van der Waals surface area contributed by atoms with Gasteiger partial charge in [0.2, 0.25) is 5.91 Å². The third kappa shape index (κ3) is 7.45. The molecule has 2 N–H and O–H groups in total. The van der Waals surface area contributed by atoms with Crippen LogP contribution in [-0.2, 0) is 4.79 Å². The number of pyridine rings is 1. The lowest BCUT2D eigenvalue weighted by Gasteiger charge is -2.35. The molecule has 7 heteroatoms. The van der Waals surface area contributed by atoms with Gasteiger partial charge in [-0.25, -0.2) is 4.98 Å². The van der Waals surface area contributed by atoms with Crippen molar-refractivity contribution in [1.29, 1.82) is 0 Å². The van der Waals surface area contributed by atoms with E-state index in [-0.39, 0.29) is 5.91 Å². The molecular weight excluding hydrogens is 340 g/mol. The maximum Gasteiger partial charge on any atom is 0.224 e. The first-order valence-electron chi connectivity index (χ1n) is 10.1. The van der Waals surface area contributed by atoms with Crippen LogP contribution in [0.3, 0.4) is 0 Å². The Balaban J connectivity index is 1.70. The van der Waals surface area contributed by atoms with E-state index in [0.29, 0.717) is 18.9 Å². The summed E-state index contributed by atoms with van der Waals surface area (Å²) in [4.78, 5) is 25.6. The van der Waals surface area contributed by atoms with Gasteiger partial charge in [0.25, 0.3) is 0 Å². The Labute approximate surface area is 163 Å². The first-order valence-corrected chi connectivity index (χ1v) is 10.1. The highest BCUT2D eigenvalue weighted by atomic mass is 16.2. The number of aromatic nitrogens is 1. The Hall–Kier alpha value is -2.31. The lowest BCUT2D eigenvalue weighted by molar-refractivity contribution is -0.131. The maximum atomic E-state index is 12.5. The van der Waals surface area contributed by atoms with Crippen LogP contribution >= 0.6 is 0 Å². The molecule has 7 nitrogen and oxygen atoms in total. The third-order valence-electron chi connectivity index (χ3n) is 4.56. The van der Waals surface area contributed by atoms with Gasteiger partial charge in [0, 0.05) is 58.4 Å². The molecule has 0 aliphatic carbocycles. The van der Waals surface area contributed by atoms with Gasteiger partial charge in [0.15, 0.2) is 5.96 Å². The monoisotopic (exact) mass is 374 g/mol. The Kier molecular flexibility index (Phi) is 8.87. The Bertz CT molecular complexity index is 581. The van der Waals surface area contributed by atoms with Gasteiger partial charge in [-0.05, 0) is 31.4 Å². The van der Waals surface area contributed by atoms with Gasteiger partial charge in [0.05, 0.1) is 0 Å². The summed E-state index contributed by atoms with van der Waals surface area (Å²) in [6.07, 6.45) is 3.36. The molecule has 1 aliphatic heterocycles. The highest BCUT2D eigenvalue weighted by molar-refractivity contribution is 5.81. The topological polar surface area (TPSA) is 72.9 Å². The lowest BCUT2D eigenvalue weighted by Crippen LogP contribution is -2.49. The summed E-state index contributed by atoms with van der Waals surface area (Å²) < 4.78 is 0. The van der Waals surface area contributed by atoms with Crippen molar-refractivity contribution in [2.45, 2.75) is 33.6 Å². The number of guanidine groups is 1. The number of carbonyl (C=O) groups is 1. The fraction of sp³-hybridized carbons (Fsp3) is 0.650. The molecule has 0 spiro atoms. The number of rotatable bonds is 8. The molecule has 0 unspecified atom stereocenters. The second kappa shape index (κ2) is 11.4. The molecule has 2 rings (SSSR count). The van der Waals surface area contributed by atoms with E-state index < -0.39 is 0 Å². The van der Waals surface area contributed by atoms with Crippen LogP contribution in [0, 0.1) is 5.92 Å². The molecule has 1 fully saturated rings. The van der Waals surface area contributed by atoms with Crippen LogP contribution in [0.25, 0.3) is 0 Å². The molecule has 1 amide bonds. The van der Waals surface area contributed by atoms with Crippen LogP contribution < -0.4 is 15.5 Å². The second-order valence-electron chi connectivity index (χ2n) is 7.18. The molecular formula is C20H34N6O. The fourth-order valence-corrected chi connectivity index (χ4v) is 2.95. The number of amides is 1. The van der Waals surface area contributed by atoms with E-state index in [0.717, 1.165) is 57.5 Å². The molecule has 27 heavy (non-hydrogen) atoms. The van der Waals surface area contributed by atoms with Crippen LogP contribution in [-0.4, -0.2) is 67.6 Å². The van der Waals surface area contributed by atoms with E-state index >= 15 is 0 Å². The summed E-state index contributed by atoms with van der Waals surface area (Å²) in [7, 11) is 0. The number of aliphatic imine (C=N–C) groups is 1. The highest BCUT2D eigenvalue weighted by Crippen LogP contribution is 2.12. The lowest BCUT2D eigenvalue weighted by atomic mass is 10.1. The minimum atomic E-state index is 0.196. The zero-order valence-electron chi connectivity index (χ0n) is 16.9. The van der Waals surface area contributed by atoms with Gasteiger partial charge in [0.1, 0.15) is 5.82 Å². The number of nitrogens with one attached hydrogen (secondary N) is 2. The standard InChI is InChI=1S/C20H34N6O/c1-4-21-20(23-11-8-17(2)3)24-12-9-19(27)26-15-13-25(14-16-26)18-7-5-6-10-22-18/h5-7,10,17H,4,8-9,11-16H2,1-3H3,(H2,21,23,24). The number of anilines is 1. The van der Waals surface area contributed by atoms with Gasteiger partial charge in [-0.3, -0.25) is 9.79 Å². The molecule has 0 atom stereocenters. The molecule has 0 aromatic carbocycles. The van der Waals surface area contributed by atoms with Crippen molar-refractivity contribution < 1.29 is 4.79 Å². The van der Waals surface area contributed by atoms with Crippen molar-refractivity contribution in [3.05, 3.63) is 24.4 Å². The molecule has 1 saturated heterocycles. The van der Waals surface area contributed by atoms with Crippen molar-refractivity contribution in [2.75, 3.05) is 50.7 Å². The van der Waals surface area contributed by atoms with E-state index in [1.54, 1.807) is 0 Å². The predicted octanol–water partition coefficient (Wildman–Crippen LogP) is 1.72.